The molecule has 1 aromatic heterocycles. The van der Waals surface area contributed by atoms with Gasteiger partial charge in [0, 0.05) is 12.7 Å². The summed E-state index contributed by atoms with van der Waals surface area (Å²) in [6.45, 7) is 0.107. The lowest BCUT2D eigenvalue weighted by molar-refractivity contribution is 0.601. The highest BCUT2D eigenvalue weighted by Crippen LogP contribution is 2.05. The van der Waals surface area contributed by atoms with Crippen molar-refractivity contribution in [2.75, 3.05) is 17.0 Å². The molecule has 0 atom stereocenters. The number of hydrogen-bond acceptors (Lipinski definition) is 4. The minimum absolute atomic E-state index is 0.0815. The number of anilines is 1. The van der Waals surface area contributed by atoms with E-state index >= 15 is 0 Å². The van der Waals surface area contributed by atoms with Crippen LogP contribution in [0.3, 0.4) is 0 Å². The Morgan fingerprint density at radius 1 is 1.54 bits per heavy atom. The second kappa shape index (κ2) is 4.20. The Balaban J connectivity index is 2.70. The molecule has 0 aliphatic rings. The second-order valence-electron chi connectivity index (χ2n) is 2.45. The minimum atomic E-state index is -3.30. The Morgan fingerprint density at radius 3 is 2.85 bits per heavy atom. The van der Waals surface area contributed by atoms with Crippen LogP contribution in [0.15, 0.2) is 24.5 Å². The van der Waals surface area contributed by atoms with Gasteiger partial charge in [-0.3, -0.25) is 9.71 Å². The van der Waals surface area contributed by atoms with E-state index in [0.717, 1.165) is 0 Å². The highest BCUT2D eigenvalue weighted by atomic mass is 32.2. The van der Waals surface area contributed by atoms with Gasteiger partial charge in [-0.1, -0.05) is 0 Å². The first-order chi connectivity index (χ1) is 6.14. The molecule has 0 fully saturated rings. The van der Waals surface area contributed by atoms with E-state index in [0.29, 0.717) is 5.69 Å². The van der Waals surface area contributed by atoms with E-state index in [2.05, 4.69) is 9.71 Å². The lowest BCUT2D eigenvalue weighted by Crippen LogP contribution is -2.22. The SMILES string of the molecule is NCCS(=O)(=O)Nc1cccnc1. The zero-order valence-corrected chi connectivity index (χ0v) is 7.79. The van der Waals surface area contributed by atoms with Crippen LogP contribution in [0.2, 0.25) is 0 Å². The standard InChI is InChI=1S/C7H11N3O2S/c8-3-5-13(11,12)10-7-2-1-4-9-6-7/h1-2,4,6,10H,3,5,8H2. The molecule has 72 valence electrons. The van der Waals surface area contributed by atoms with E-state index in [-0.39, 0.29) is 12.3 Å². The molecule has 0 saturated heterocycles. The van der Waals surface area contributed by atoms with Crippen LogP contribution in [0.4, 0.5) is 5.69 Å². The van der Waals surface area contributed by atoms with Crippen molar-refractivity contribution in [3.8, 4) is 0 Å². The average molecular weight is 201 g/mol. The van der Waals surface area contributed by atoms with Crippen LogP contribution in [0.1, 0.15) is 0 Å². The third-order valence-corrected chi connectivity index (χ3v) is 2.64. The molecule has 0 amide bonds. The molecular formula is C7H11N3O2S. The first kappa shape index (κ1) is 9.94. The van der Waals surface area contributed by atoms with Crippen LogP contribution < -0.4 is 10.5 Å². The Kier molecular flexibility index (Phi) is 3.21. The monoisotopic (exact) mass is 201 g/mol. The van der Waals surface area contributed by atoms with Crippen molar-refractivity contribution < 1.29 is 8.42 Å². The highest BCUT2D eigenvalue weighted by molar-refractivity contribution is 7.92. The van der Waals surface area contributed by atoms with Gasteiger partial charge in [0.05, 0.1) is 17.6 Å². The summed E-state index contributed by atoms with van der Waals surface area (Å²) >= 11 is 0. The smallest absolute Gasteiger partial charge is 0.234 e. The molecule has 1 aromatic rings. The van der Waals surface area contributed by atoms with Crippen LogP contribution >= 0.6 is 0 Å². The Hall–Kier alpha value is -1.14. The molecule has 0 saturated carbocycles. The molecule has 1 rings (SSSR count). The van der Waals surface area contributed by atoms with Gasteiger partial charge in [0.1, 0.15) is 0 Å². The molecule has 0 spiro atoms. The van der Waals surface area contributed by atoms with Gasteiger partial charge in [-0.05, 0) is 12.1 Å². The third-order valence-electron chi connectivity index (χ3n) is 1.32. The Morgan fingerprint density at radius 2 is 2.31 bits per heavy atom. The molecule has 6 heteroatoms. The summed E-state index contributed by atoms with van der Waals surface area (Å²) in [6, 6.07) is 3.28. The molecule has 1 heterocycles. The van der Waals surface area contributed by atoms with E-state index in [1.165, 1.54) is 6.20 Å². The highest BCUT2D eigenvalue weighted by Gasteiger charge is 2.07. The Labute approximate surface area is 77.0 Å². The topological polar surface area (TPSA) is 85.1 Å². The van der Waals surface area contributed by atoms with Crippen LogP contribution in [-0.4, -0.2) is 25.7 Å². The predicted molar refractivity (Wildman–Crippen MR) is 50.7 cm³/mol. The molecular weight excluding hydrogens is 190 g/mol. The van der Waals surface area contributed by atoms with Gasteiger partial charge in [0.15, 0.2) is 0 Å². The summed E-state index contributed by atoms with van der Waals surface area (Å²) < 4.78 is 24.7. The third kappa shape index (κ3) is 3.39. The van der Waals surface area contributed by atoms with Crippen molar-refractivity contribution in [3.05, 3.63) is 24.5 Å². The molecule has 0 bridgehead atoms. The molecule has 13 heavy (non-hydrogen) atoms. The number of rotatable bonds is 4. The fraction of sp³-hybridized carbons (Fsp3) is 0.286. The number of nitrogens with one attached hydrogen (secondary N) is 1. The number of nitrogens with zero attached hydrogens (tertiary/aromatic N) is 1. The van der Waals surface area contributed by atoms with Crippen LogP contribution in [0, 0.1) is 0 Å². The van der Waals surface area contributed by atoms with Gasteiger partial charge in [-0.2, -0.15) is 0 Å². The predicted octanol–water partition coefficient (Wildman–Crippen LogP) is -0.218. The summed E-state index contributed by atoms with van der Waals surface area (Å²) in [7, 11) is -3.30. The Bertz CT molecular complexity index is 349. The fourth-order valence-electron chi connectivity index (χ4n) is 0.809. The quantitative estimate of drug-likeness (QED) is 0.705. The van der Waals surface area contributed by atoms with Crippen molar-refractivity contribution >= 4 is 15.7 Å². The molecule has 5 nitrogen and oxygen atoms in total. The number of nitrogens with two attached hydrogens (primary N) is 1. The van der Waals surface area contributed by atoms with Gasteiger partial charge in [-0.15, -0.1) is 0 Å². The average Bonchev–Trinajstić information content (AvgIpc) is 2.04. The van der Waals surface area contributed by atoms with Crippen molar-refractivity contribution in [2.45, 2.75) is 0 Å². The minimum Gasteiger partial charge on any atom is -0.329 e. The lowest BCUT2D eigenvalue weighted by Gasteiger charge is -2.05. The summed E-state index contributed by atoms with van der Waals surface area (Å²) in [5, 5.41) is 0. The van der Waals surface area contributed by atoms with Crippen LogP contribution in [-0.2, 0) is 10.0 Å². The lowest BCUT2D eigenvalue weighted by atomic mass is 10.4. The van der Waals surface area contributed by atoms with Crippen molar-refractivity contribution in [1.29, 1.82) is 0 Å². The number of aromatic nitrogens is 1. The first-order valence-electron chi connectivity index (χ1n) is 3.74. The van der Waals surface area contributed by atoms with E-state index in [4.69, 9.17) is 5.73 Å². The largest absolute Gasteiger partial charge is 0.329 e. The molecule has 0 aliphatic carbocycles. The summed E-state index contributed by atoms with van der Waals surface area (Å²) in [6.07, 6.45) is 3.01. The summed E-state index contributed by atoms with van der Waals surface area (Å²) in [4.78, 5) is 3.77. The molecule has 0 aliphatic heterocycles. The number of pyridine rings is 1. The zero-order valence-electron chi connectivity index (χ0n) is 6.97. The van der Waals surface area contributed by atoms with Crippen LogP contribution in [0.5, 0.6) is 0 Å². The van der Waals surface area contributed by atoms with Crippen molar-refractivity contribution in [3.63, 3.8) is 0 Å². The van der Waals surface area contributed by atoms with Gasteiger partial charge in [-0.25, -0.2) is 8.42 Å². The first-order valence-corrected chi connectivity index (χ1v) is 5.40. The zero-order chi connectivity index (χ0) is 9.73. The van der Waals surface area contributed by atoms with Gasteiger partial charge in [0.2, 0.25) is 10.0 Å². The van der Waals surface area contributed by atoms with E-state index < -0.39 is 10.0 Å². The molecule has 0 unspecified atom stereocenters. The number of sulfonamides is 1. The summed E-state index contributed by atoms with van der Waals surface area (Å²) in [5.41, 5.74) is 5.59. The van der Waals surface area contributed by atoms with Crippen molar-refractivity contribution in [1.82, 2.24) is 4.98 Å². The second-order valence-corrected chi connectivity index (χ2v) is 4.29. The van der Waals surface area contributed by atoms with Gasteiger partial charge in [0.25, 0.3) is 0 Å². The molecule has 0 radical (unpaired) electrons. The molecule has 0 aromatic carbocycles. The molecule has 3 N–H and O–H groups in total. The van der Waals surface area contributed by atoms with E-state index in [9.17, 15) is 8.42 Å². The van der Waals surface area contributed by atoms with Gasteiger partial charge < -0.3 is 5.73 Å². The maximum Gasteiger partial charge on any atom is 0.234 e. The van der Waals surface area contributed by atoms with E-state index in [1.54, 1.807) is 18.3 Å². The van der Waals surface area contributed by atoms with Crippen LogP contribution in [0.25, 0.3) is 0 Å². The summed E-state index contributed by atoms with van der Waals surface area (Å²) in [5.74, 6) is -0.0815. The number of hydrogen-bond donors (Lipinski definition) is 2. The maximum absolute atomic E-state index is 11.2. The van der Waals surface area contributed by atoms with E-state index in [1.807, 2.05) is 0 Å². The van der Waals surface area contributed by atoms with Gasteiger partial charge >= 0.3 is 0 Å². The fourth-order valence-corrected chi connectivity index (χ4v) is 1.70. The normalized spacial score (nSPS) is 11.2. The van der Waals surface area contributed by atoms with Crippen molar-refractivity contribution in [2.24, 2.45) is 5.73 Å². The maximum atomic E-state index is 11.2.